The standard InChI is InChI=1S/C19H20N8O/c1-26-4-6-27(7-5-26)19(28)16-9-14-17(20-11-21-18(14)24-16)23-13-2-3-15-12(8-13)10-22-25-15/h2-3,8-11H,4-7H2,1H3,(H,22,25)(H2,20,21,23,24). The highest BCUT2D eigenvalue weighted by Crippen LogP contribution is 2.26. The fraction of sp³-hybridized carbons (Fsp3) is 0.263. The minimum atomic E-state index is -0.00290. The second-order valence-corrected chi connectivity index (χ2v) is 7.06. The summed E-state index contributed by atoms with van der Waals surface area (Å²) in [5, 5.41) is 12.1. The molecule has 0 saturated carbocycles. The van der Waals surface area contributed by atoms with Crippen LogP contribution in [0, 0.1) is 0 Å². The van der Waals surface area contributed by atoms with Gasteiger partial charge in [0.05, 0.1) is 17.1 Å². The molecule has 4 heterocycles. The lowest BCUT2D eigenvalue weighted by atomic mass is 10.2. The van der Waals surface area contributed by atoms with Crippen molar-refractivity contribution in [3.05, 3.63) is 42.5 Å². The van der Waals surface area contributed by atoms with E-state index in [0.717, 1.165) is 48.2 Å². The lowest BCUT2D eigenvalue weighted by Crippen LogP contribution is -2.47. The van der Waals surface area contributed by atoms with E-state index in [0.29, 0.717) is 17.2 Å². The number of amides is 1. The Morgan fingerprint density at radius 3 is 2.86 bits per heavy atom. The van der Waals surface area contributed by atoms with Crippen LogP contribution in [-0.2, 0) is 0 Å². The van der Waals surface area contributed by atoms with Crippen molar-refractivity contribution in [1.29, 1.82) is 0 Å². The van der Waals surface area contributed by atoms with Crippen molar-refractivity contribution in [2.45, 2.75) is 0 Å². The SMILES string of the molecule is CN1CCN(C(=O)c2cc3c(Nc4ccc5[nH]ncc5c4)ncnc3[nH]2)CC1. The van der Waals surface area contributed by atoms with E-state index in [-0.39, 0.29) is 5.91 Å². The van der Waals surface area contributed by atoms with Crippen LogP contribution in [0.4, 0.5) is 11.5 Å². The van der Waals surface area contributed by atoms with Gasteiger partial charge in [0.15, 0.2) is 0 Å². The van der Waals surface area contributed by atoms with Gasteiger partial charge < -0.3 is 20.1 Å². The fourth-order valence-corrected chi connectivity index (χ4v) is 3.49. The summed E-state index contributed by atoms with van der Waals surface area (Å²) >= 11 is 0. The molecule has 0 aliphatic carbocycles. The molecule has 28 heavy (non-hydrogen) atoms. The lowest BCUT2D eigenvalue weighted by molar-refractivity contribution is 0.0659. The summed E-state index contributed by atoms with van der Waals surface area (Å²) in [6.07, 6.45) is 3.26. The molecule has 0 atom stereocenters. The van der Waals surface area contributed by atoms with E-state index in [1.807, 2.05) is 29.2 Å². The Morgan fingerprint density at radius 2 is 2.00 bits per heavy atom. The van der Waals surface area contributed by atoms with Gasteiger partial charge in [0, 0.05) is 37.3 Å². The molecule has 3 N–H and O–H groups in total. The largest absolute Gasteiger partial charge is 0.340 e. The number of anilines is 2. The molecule has 9 heteroatoms. The number of fused-ring (bicyclic) bond motifs is 2. The summed E-state index contributed by atoms with van der Waals surface area (Å²) in [6, 6.07) is 7.74. The van der Waals surface area contributed by atoms with E-state index >= 15 is 0 Å². The van der Waals surface area contributed by atoms with Crippen LogP contribution in [0.5, 0.6) is 0 Å². The number of nitrogens with zero attached hydrogens (tertiary/aromatic N) is 5. The van der Waals surface area contributed by atoms with Gasteiger partial charge in [0.25, 0.3) is 5.91 Å². The van der Waals surface area contributed by atoms with Crippen LogP contribution in [0.2, 0.25) is 0 Å². The number of aromatic nitrogens is 5. The molecule has 1 amide bonds. The zero-order valence-electron chi connectivity index (χ0n) is 15.4. The predicted octanol–water partition coefficient (Wildman–Crippen LogP) is 1.97. The summed E-state index contributed by atoms with van der Waals surface area (Å²) in [6.45, 7) is 3.22. The first kappa shape index (κ1) is 16.7. The first-order valence-electron chi connectivity index (χ1n) is 9.19. The molecular weight excluding hydrogens is 356 g/mol. The first-order chi connectivity index (χ1) is 13.7. The number of rotatable bonds is 3. The Balaban J connectivity index is 1.44. The molecule has 5 rings (SSSR count). The molecule has 0 unspecified atom stereocenters. The van der Waals surface area contributed by atoms with Crippen LogP contribution in [0.1, 0.15) is 10.5 Å². The second-order valence-electron chi connectivity index (χ2n) is 7.06. The Morgan fingerprint density at radius 1 is 1.14 bits per heavy atom. The van der Waals surface area contributed by atoms with Gasteiger partial charge in [-0.15, -0.1) is 0 Å². The van der Waals surface area contributed by atoms with Gasteiger partial charge in [-0.05, 0) is 31.3 Å². The topological polar surface area (TPSA) is 106 Å². The molecule has 1 saturated heterocycles. The first-order valence-corrected chi connectivity index (χ1v) is 9.19. The second kappa shape index (κ2) is 6.61. The number of hydrogen-bond acceptors (Lipinski definition) is 6. The quantitative estimate of drug-likeness (QED) is 0.505. The third-order valence-corrected chi connectivity index (χ3v) is 5.15. The van der Waals surface area contributed by atoms with Gasteiger partial charge in [-0.3, -0.25) is 9.89 Å². The zero-order valence-corrected chi connectivity index (χ0v) is 15.4. The molecule has 0 spiro atoms. The highest BCUT2D eigenvalue weighted by Gasteiger charge is 2.22. The van der Waals surface area contributed by atoms with Crippen molar-refractivity contribution in [3.63, 3.8) is 0 Å². The number of carbonyl (C=O) groups is 1. The van der Waals surface area contributed by atoms with Crippen molar-refractivity contribution >= 4 is 39.3 Å². The average Bonchev–Trinajstić information content (AvgIpc) is 3.35. The molecule has 0 bridgehead atoms. The molecule has 1 aliphatic rings. The summed E-state index contributed by atoms with van der Waals surface area (Å²) in [5.41, 5.74) is 3.04. The predicted molar refractivity (Wildman–Crippen MR) is 107 cm³/mol. The average molecular weight is 376 g/mol. The molecule has 1 aliphatic heterocycles. The third kappa shape index (κ3) is 2.95. The van der Waals surface area contributed by atoms with Gasteiger partial charge in [-0.25, -0.2) is 9.97 Å². The number of likely N-dealkylation sites (N-methyl/N-ethyl adjacent to an activating group) is 1. The zero-order chi connectivity index (χ0) is 19.1. The third-order valence-electron chi connectivity index (χ3n) is 5.15. The maximum absolute atomic E-state index is 12.9. The monoisotopic (exact) mass is 376 g/mol. The minimum absolute atomic E-state index is 0.00290. The molecular formula is C19H20N8O. The summed E-state index contributed by atoms with van der Waals surface area (Å²) in [7, 11) is 2.07. The van der Waals surface area contributed by atoms with Crippen LogP contribution in [0.3, 0.4) is 0 Å². The number of nitrogens with one attached hydrogen (secondary N) is 3. The molecule has 1 aromatic carbocycles. The van der Waals surface area contributed by atoms with Crippen molar-refractivity contribution in [3.8, 4) is 0 Å². The number of benzene rings is 1. The normalized spacial score (nSPS) is 15.4. The van der Waals surface area contributed by atoms with Crippen LogP contribution in [-0.4, -0.2) is 74.1 Å². The molecule has 3 aromatic heterocycles. The molecule has 1 fully saturated rings. The lowest BCUT2D eigenvalue weighted by Gasteiger charge is -2.32. The van der Waals surface area contributed by atoms with E-state index in [9.17, 15) is 4.79 Å². The van der Waals surface area contributed by atoms with E-state index in [1.54, 1.807) is 6.20 Å². The number of aromatic amines is 2. The fourth-order valence-electron chi connectivity index (χ4n) is 3.49. The minimum Gasteiger partial charge on any atom is -0.340 e. The Kier molecular flexibility index (Phi) is 3.94. The molecule has 0 radical (unpaired) electrons. The maximum Gasteiger partial charge on any atom is 0.270 e. The van der Waals surface area contributed by atoms with Crippen molar-refractivity contribution in [1.82, 2.24) is 34.9 Å². The van der Waals surface area contributed by atoms with E-state index < -0.39 is 0 Å². The van der Waals surface area contributed by atoms with Crippen LogP contribution >= 0.6 is 0 Å². The summed E-state index contributed by atoms with van der Waals surface area (Å²) in [4.78, 5) is 28.8. The van der Waals surface area contributed by atoms with Gasteiger partial charge in [-0.1, -0.05) is 0 Å². The number of piperazine rings is 1. The van der Waals surface area contributed by atoms with E-state index in [1.165, 1.54) is 6.33 Å². The Bertz CT molecular complexity index is 1160. The molecule has 9 nitrogen and oxygen atoms in total. The number of carbonyl (C=O) groups excluding carboxylic acids is 1. The maximum atomic E-state index is 12.9. The van der Waals surface area contributed by atoms with Crippen molar-refractivity contribution < 1.29 is 4.79 Å². The summed E-state index contributed by atoms with van der Waals surface area (Å²) in [5.74, 6) is 0.651. The van der Waals surface area contributed by atoms with Gasteiger partial charge in [0.1, 0.15) is 23.5 Å². The van der Waals surface area contributed by atoms with E-state index in [2.05, 4.69) is 42.4 Å². The van der Waals surface area contributed by atoms with Crippen LogP contribution in [0.15, 0.2) is 36.8 Å². The van der Waals surface area contributed by atoms with Gasteiger partial charge in [0.2, 0.25) is 0 Å². The van der Waals surface area contributed by atoms with Crippen LogP contribution in [0.25, 0.3) is 21.9 Å². The highest BCUT2D eigenvalue weighted by molar-refractivity contribution is 6.00. The molecule has 142 valence electrons. The van der Waals surface area contributed by atoms with Gasteiger partial charge in [-0.2, -0.15) is 5.10 Å². The number of H-pyrrole nitrogens is 2. The Labute approximate surface area is 160 Å². The molecule has 4 aromatic rings. The summed E-state index contributed by atoms with van der Waals surface area (Å²) < 4.78 is 0. The van der Waals surface area contributed by atoms with Crippen LogP contribution < -0.4 is 5.32 Å². The Hall–Kier alpha value is -3.46. The highest BCUT2D eigenvalue weighted by atomic mass is 16.2. The van der Waals surface area contributed by atoms with Crippen molar-refractivity contribution in [2.75, 3.05) is 38.5 Å². The number of hydrogen-bond donors (Lipinski definition) is 3. The smallest absolute Gasteiger partial charge is 0.270 e. The van der Waals surface area contributed by atoms with E-state index in [4.69, 9.17) is 0 Å². The van der Waals surface area contributed by atoms with Crippen molar-refractivity contribution in [2.24, 2.45) is 0 Å². The van der Waals surface area contributed by atoms with Gasteiger partial charge >= 0.3 is 0 Å².